The van der Waals surface area contributed by atoms with E-state index in [2.05, 4.69) is 12.5 Å². The predicted octanol–water partition coefficient (Wildman–Crippen LogP) is -0.631. The highest BCUT2D eigenvalue weighted by atomic mass is 32.2. The molecule has 0 aromatic carbocycles. The molecule has 0 heterocycles. The summed E-state index contributed by atoms with van der Waals surface area (Å²) in [6, 6.07) is 0. The highest BCUT2D eigenvalue weighted by Crippen LogP contribution is 2.27. The van der Waals surface area contributed by atoms with Crippen LogP contribution in [0.15, 0.2) is 0 Å². The molecule has 0 aliphatic rings. The van der Waals surface area contributed by atoms with Gasteiger partial charge in [-0.2, -0.15) is 25.3 Å². The van der Waals surface area contributed by atoms with Crippen LogP contribution in [0, 0.1) is 0 Å². The largest absolute Gasteiger partial charge is 0.327 e. The molecule has 0 rings (SSSR count). The zero-order chi connectivity index (χ0) is 15.5. The van der Waals surface area contributed by atoms with E-state index in [1.54, 1.807) is 0 Å². The Kier molecular flexibility index (Phi) is 5.93. The molecule has 0 aromatic rings. The van der Waals surface area contributed by atoms with Crippen LogP contribution in [0.4, 0.5) is 0 Å². The molecule has 0 atom stereocenters. The molecule has 9 nitrogen and oxygen atoms in total. The van der Waals surface area contributed by atoms with Crippen molar-refractivity contribution in [2.45, 2.75) is 25.7 Å². The van der Waals surface area contributed by atoms with Crippen molar-refractivity contribution < 1.29 is 37.8 Å². The molecule has 0 spiro atoms. The van der Waals surface area contributed by atoms with Gasteiger partial charge in [-0.25, -0.2) is 12.5 Å². The van der Waals surface area contributed by atoms with Crippen molar-refractivity contribution in [3.63, 3.8) is 0 Å². The fourth-order valence-electron chi connectivity index (χ4n) is 1.16. The third-order valence-electron chi connectivity index (χ3n) is 1.39. The number of hydrogen-bond donors (Lipinski definition) is 0. The van der Waals surface area contributed by atoms with Crippen molar-refractivity contribution in [2.24, 2.45) is 0 Å². The summed E-state index contributed by atoms with van der Waals surface area (Å²) in [5.74, 6) is -2.76. The smallest absolute Gasteiger partial charge is 0.207 e. The second-order valence-corrected chi connectivity index (χ2v) is 8.52. The first-order valence-electron chi connectivity index (χ1n) is 4.90. The van der Waals surface area contributed by atoms with Crippen LogP contribution < -0.4 is 0 Å². The minimum Gasteiger partial charge on any atom is -0.207 e. The quantitative estimate of drug-likeness (QED) is 0.418. The fraction of sp³-hybridized carbons (Fsp3) is 1.00. The van der Waals surface area contributed by atoms with Crippen LogP contribution in [0.25, 0.3) is 0 Å². The first kappa shape index (κ1) is 18.7. The van der Waals surface area contributed by atoms with E-state index in [0.717, 1.165) is 0 Å². The Morgan fingerprint density at radius 2 is 1.00 bits per heavy atom. The van der Waals surface area contributed by atoms with Crippen molar-refractivity contribution in [2.75, 3.05) is 18.8 Å². The maximum absolute atomic E-state index is 11.1. The highest BCUT2D eigenvalue weighted by molar-refractivity contribution is 7.87. The maximum atomic E-state index is 11.1. The zero-order valence-electron chi connectivity index (χ0n) is 10.8. The predicted molar refractivity (Wildman–Crippen MR) is 65.4 cm³/mol. The van der Waals surface area contributed by atoms with E-state index in [-0.39, 0.29) is 6.42 Å². The second-order valence-electron chi connectivity index (χ2n) is 3.80. The van der Waals surface area contributed by atoms with Crippen LogP contribution in [0.5, 0.6) is 0 Å². The summed E-state index contributed by atoms with van der Waals surface area (Å²) in [6.45, 7) is 1.53. The van der Waals surface area contributed by atoms with Gasteiger partial charge in [-0.05, 0) is 6.42 Å². The molecule has 0 fully saturated rings. The molecule has 0 unspecified atom stereocenters. The molecule has 0 radical (unpaired) electrons. The maximum Gasteiger partial charge on any atom is 0.327 e. The topological polar surface area (TPSA) is 130 Å². The Bertz CT molecular complexity index is 515. The van der Waals surface area contributed by atoms with Crippen molar-refractivity contribution in [1.29, 1.82) is 0 Å². The van der Waals surface area contributed by atoms with Crippen LogP contribution in [-0.2, 0) is 42.9 Å². The number of rotatable bonds is 8. The summed E-state index contributed by atoms with van der Waals surface area (Å²) in [5, 5.41) is 0. The minimum atomic E-state index is -4.23. The third kappa shape index (κ3) is 9.29. The molecule has 0 bridgehead atoms. The van der Waals surface area contributed by atoms with Gasteiger partial charge in [-0.15, -0.1) is 0 Å². The van der Waals surface area contributed by atoms with Gasteiger partial charge in [0.1, 0.15) is 0 Å². The van der Waals surface area contributed by atoms with Gasteiger partial charge in [-0.3, -0.25) is 0 Å². The average molecular weight is 340 g/mol. The minimum absolute atomic E-state index is 0.139. The van der Waals surface area contributed by atoms with Gasteiger partial charge in [0.15, 0.2) is 0 Å². The molecule has 0 aromatic heterocycles. The third-order valence-corrected chi connectivity index (χ3v) is 3.06. The summed E-state index contributed by atoms with van der Waals surface area (Å²) in [4.78, 5) is 0. The molecule has 0 aliphatic heterocycles. The molecular formula is C7H16O9S3. The van der Waals surface area contributed by atoms with Crippen molar-refractivity contribution in [3.8, 4) is 0 Å². The summed E-state index contributed by atoms with van der Waals surface area (Å²) in [5.41, 5.74) is 0. The van der Waals surface area contributed by atoms with E-state index in [9.17, 15) is 25.3 Å². The van der Waals surface area contributed by atoms with Crippen molar-refractivity contribution in [3.05, 3.63) is 0 Å². The van der Waals surface area contributed by atoms with Crippen LogP contribution in [0.1, 0.15) is 19.8 Å². The van der Waals surface area contributed by atoms with Gasteiger partial charge >= 0.3 is 5.97 Å². The molecule has 19 heavy (non-hydrogen) atoms. The van der Waals surface area contributed by atoms with Gasteiger partial charge in [0.05, 0.1) is 18.8 Å². The SMILES string of the molecule is CCCC(OS(C)(=O)=O)(OS(C)(=O)=O)OS(C)(=O)=O. The molecule has 0 aliphatic carbocycles. The monoisotopic (exact) mass is 340 g/mol. The second kappa shape index (κ2) is 6.01. The molecule has 0 saturated heterocycles. The molecule has 12 heteroatoms. The van der Waals surface area contributed by atoms with E-state index in [0.29, 0.717) is 18.8 Å². The lowest BCUT2D eigenvalue weighted by atomic mass is 10.3. The van der Waals surface area contributed by atoms with E-state index in [4.69, 9.17) is 0 Å². The van der Waals surface area contributed by atoms with Gasteiger partial charge < -0.3 is 0 Å². The Hall–Kier alpha value is -0.270. The van der Waals surface area contributed by atoms with E-state index >= 15 is 0 Å². The van der Waals surface area contributed by atoms with Crippen LogP contribution >= 0.6 is 0 Å². The van der Waals surface area contributed by atoms with Crippen molar-refractivity contribution >= 4 is 30.4 Å². The lowest BCUT2D eigenvalue weighted by Crippen LogP contribution is -2.43. The van der Waals surface area contributed by atoms with Crippen molar-refractivity contribution in [1.82, 2.24) is 0 Å². The normalized spacial score (nSPS) is 14.5. The summed E-state index contributed by atoms with van der Waals surface area (Å²) < 4.78 is 79.9. The Morgan fingerprint density at radius 3 is 1.16 bits per heavy atom. The first-order valence-corrected chi connectivity index (χ1v) is 10.3. The lowest BCUT2D eigenvalue weighted by molar-refractivity contribution is -0.247. The van der Waals surface area contributed by atoms with Crippen LogP contribution in [0.3, 0.4) is 0 Å². The van der Waals surface area contributed by atoms with Gasteiger partial charge in [0, 0.05) is 6.42 Å². The summed E-state index contributed by atoms with van der Waals surface area (Å²) in [6.07, 6.45) is 1.53. The van der Waals surface area contributed by atoms with Gasteiger partial charge in [0.2, 0.25) is 0 Å². The van der Waals surface area contributed by atoms with E-state index in [1.807, 2.05) is 0 Å². The van der Waals surface area contributed by atoms with Gasteiger partial charge in [0.25, 0.3) is 30.4 Å². The standard InChI is InChI=1S/C7H16O9S3/c1-5-6-7(14-17(2,8)9,15-18(3,10)11)16-19(4,12)13/h5-6H2,1-4H3. The highest BCUT2D eigenvalue weighted by Gasteiger charge is 2.44. The molecule has 116 valence electrons. The average Bonchev–Trinajstić information content (AvgIpc) is 1.90. The summed E-state index contributed by atoms with van der Waals surface area (Å²) >= 11 is 0. The summed E-state index contributed by atoms with van der Waals surface area (Å²) in [7, 11) is -12.7. The lowest BCUT2D eigenvalue weighted by Gasteiger charge is -2.28. The first-order chi connectivity index (χ1) is 8.18. The fourth-order valence-corrected chi connectivity index (χ4v) is 3.13. The number of hydrogen-bond acceptors (Lipinski definition) is 9. The Balaban J connectivity index is 5.73. The van der Waals surface area contributed by atoms with E-state index in [1.165, 1.54) is 6.92 Å². The molecular weight excluding hydrogens is 324 g/mol. The molecule has 0 amide bonds. The van der Waals surface area contributed by atoms with Crippen LogP contribution in [0.2, 0.25) is 0 Å². The van der Waals surface area contributed by atoms with Gasteiger partial charge in [-0.1, -0.05) is 6.92 Å². The van der Waals surface area contributed by atoms with Crippen LogP contribution in [-0.4, -0.2) is 50.0 Å². The van der Waals surface area contributed by atoms with E-state index < -0.39 is 42.7 Å². The zero-order valence-corrected chi connectivity index (χ0v) is 13.3. The Labute approximate surface area is 113 Å². The molecule has 0 N–H and O–H groups in total. The Morgan fingerprint density at radius 1 is 0.737 bits per heavy atom. The molecule has 0 saturated carbocycles.